The second kappa shape index (κ2) is 13.0. The summed E-state index contributed by atoms with van der Waals surface area (Å²) in [5, 5.41) is 4.04. The summed E-state index contributed by atoms with van der Waals surface area (Å²) >= 11 is 1.75. The van der Waals surface area contributed by atoms with Crippen molar-refractivity contribution in [2.45, 2.75) is 67.1 Å². The molecule has 5 nitrogen and oxygen atoms in total. The van der Waals surface area contributed by atoms with E-state index in [1.165, 1.54) is 10.4 Å². The standard InChI is InChI=1S/C30H42N4OS/c1-21(2)19-31-29(35)27-15-13-25(14-16-27)20-33(17-18-34(22(3)4)23(5)6)30-32-28(24(7)36-30)26-11-9-8-10-12-26/h8-16,21-23H,17-20H2,1-7H3,(H,31,35). The second-order valence-corrected chi connectivity index (χ2v) is 11.6. The number of anilines is 1. The van der Waals surface area contributed by atoms with E-state index in [9.17, 15) is 4.79 Å². The largest absolute Gasteiger partial charge is 0.352 e. The van der Waals surface area contributed by atoms with Crippen molar-refractivity contribution >= 4 is 22.4 Å². The number of carbonyl (C=O) groups is 1. The fourth-order valence-corrected chi connectivity index (χ4v) is 5.31. The Balaban J connectivity index is 1.83. The lowest BCUT2D eigenvalue weighted by atomic mass is 10.1. The molecule has 2 aromatic carbocycles. The van der Waals surface area contributed by atoms with Crippen molar-refractivity contribution in [3.63, 3.8) is 0 Å². The minimum atomic E-state index is -0.0142. The first-order valence-electron chi connectivity index (χ1n) is 13.1. The molecule has 194 valence electrons. The van der Waals surface area contributed by atoms with Crippen LogP contribution < -0.4 is 10.2 Å². The fourth-order valence-electron chi connectivity index (χ4n) is 4.35. The number of aromatic nitrogens is 1. The van der Waals surface area contributed by atoms with Crippen LogP contribution in [0.4, 0.5) is 5.13 Å². The lowest BCUT2D eigenvalue weighted by Crippen LogP contribution is -2.42. The Morgan fingerprint density at radius 2 is 1.56 bits per heavy atom. The topological polar surface area (TPSA) is 48.5 Å². The van der Waals surface area contributed by atoms with Gasteiger partial charge in [-0.2, -0.15) is 0 Å². The van der Waals surface area contributed by atoms with E-state index >= 15 is 0 Å². The van der Waals surface area contributed by atoms with Crippen molar-refractivity contribution in [1.29, 1.82) is 0 Å². The van der Waals surface area contributed by atoms with Crippen molar-refractivity contribution in [2.75, 3.05) is 24.5 Å². The van der Waals surface area contributed by atoms with Gasteiger partial charge >= 0.3 is 0 Å². The maximum atomic E-state index is 12.4. The third-order valence-electron chi connectivity index (χ3n) is 6.32. The lowest BCUT2D eigenvalue weighted by molar-refractivity contribution is 0.0949. The molecule has 0 saturated carbocycles. The van der Waals surface area contributed by atoms with Gasteiger partial charge in [0, 0.05) is 54.3 Å². The quantitative estimate of drug-likeness (QED) is 0.299. The normalized spacial score (nSPS) is 11.6. The van der Waals surface area contributed by atoms with Crippen LogP contribution in [0, 0.1) is 12.8 Å². The maximum Gasteiger partial charge on any atom is 0.251 e. The third kappa shape index (κ3) is 7.65. The van der Waals surface area contributed by atoms with E-state index < -0.39 is 0 Å². The van der Waals surface area contributed by atoms with Gasteiger partial charge in [0.15, 0.2) is 5.13 Å². The molecule has 6 heteroatoms. The van der Waals surface area contributed by atoms with E-state index in [2.05, 4.69) is 100.0 Å². The monoisotopic (exact) mass is 506 g/mol. The maximum absolute atomic E-state index is 12.4. The molecular weight excluding hydrogens is 464 g/mol. The number of hydrogen-bond donors (Lipinski definition) is 1. The first-order chi connectivity index (χ1) is 17.2. The van der Waals surface area contributed by atoms with E-state index in [0.29, 0.717) is 30.1 Å². The molecule has 0 atom stereocenters. The third-order valence-corrected chi connectivity index (χ3v) is 7.35. The molecular formula is C30H42N4OS. The molecule has 0 aliphatic rings. The lowest BCUT2D eigenvalue weighted by Gasteiger charge is -2.33. The van der Waals surface area contributed by atoms with E-state index in [1.54, 1.807) is 11.3 Å². The molecule has 3 aromatic rings. The Hall–Kier alpha value is -2.70. The zero-order valence-electron chi connectivity index (χ0n) is 22.9. The summed E-state index contributed by atoms with van der Waals surface area (Å²) in [6, 6.07) is 19.4. The smallest absolute Gasteiger partial charge is 0.251 e. The van der Waals surface area contributed by atoms with Crippen LogP contribution in [0.15, 0.2) is 54.6 Å². The van der Waals surface area contributed by atoms with Gasteiger partial charge in [0.05, 0.1) is 5.69 Å². The predicted octanol–water partition coefficient (Wildman–Crippen LogP) is 6.63. The van der Waals surface area contributed by atoms with Gasteiger partial charge in [-0.05, 0) is 58.2 Å². The van der Waals surface area contributed by atoms with E-state index in [1.807, 2.05) is 18.2 Å². The average molecular weight is 507 g/mol. The number of benzene rings is 2. The summed E-state index contributed by atoms with van der Waals surface area (Å²) in [5.41, 5.74) is 4.08. The molecule has 1 N–H and O–H groups in total. The molecule has 0 radical (unpaired) electrons. The Morgan fingerprint density at radius 1 is 0.917 bits per heavy atom. The molecule has 0 saturated heterocycles. The Morgan fingerprint density at radius 3 is 2.14 bits per heavy atom. The van der Waals surface area contributed by atoms with Crippen LogP contribution in [0.5, 0.6) is 0 Å². The van der Waals surface area contributed by atoms with Crippen LogP contribution in [-0.2, 0) is 6.54 Å². The fraction of sp³-hybridized carbons (Fsp3) is 0.467. The zero-order chi connectivity index (χ0) is 26.2. The number of nitrogens with one attached hydrogen (secondary N) is 1. The van der Waals surface area contributed by atoms with Crippen molar-refractivity contribution in [2.24, 2.45) is 5.92 Å². The van der Waals surface area contributed by atoms with Crippen LogP contribution in [0.25, 0.3) is 11.3 Å². The van der Waals surface area contributed by atoms with E-state index in [0.717, 1.165) is 36.0 Å². The van der Waals surface area contributed by atoms with Gasteiger partial charge in [-0.15, -0.1) is 11.3 Å². The SMILES string of the molecule is Cc1sc(N(CCN(C(C)C)C(C)C)Cc2ccc(C(=O)NCC(C)C)cc2)nc1-c1ccccc1. The molecule has 1 amide bonds. The molecule has 3 rings (SSSR count). The summed E-state index contributed by atoms with van der Waals surface area (Å²) in [7, 11) is 0. The Kier molecular flexibility index (Phi) is 10.1. The number of thiazole rings is 1. The molecule has 0 fully saturated rings. The van der Waals surface area contributed by atoms with Gasteiger partial charge in [0.1, 0.15) is 0 Å². The number of aryl methyl sites for hydroxylation is 1. The highest BCUT2D eigenvalue weighted by molar-refractivity contribution is 7.16. The first-order valence-corrected chi connectivity index (χ1v) is 13.9. The molecule has 0 spiro atoms. The van der Waals surface area contributed by atoms with Gasteiger partial charge in [0.25, 0.3) is 5.91 Å². The van der Waals surface area contributed by atoms with Crippen molar-refractivity contribution in [3.8, 4) is 11.3 Å². The molecule has 1 aromatic heterocycles. The first kappa shape index (κ1) is 27.9. The highest BCUT2D eigenvalue weighted by Crippen LogP contribution is 2.33. The van der Waals surface area contributed by atoms with Gasteiger partial charge < -0.3 is 10.2 Å². The van der Waals surface area contributed by atoms with Crippen LogP contribution in [0.2, 0.25) is 0 Å². The summed E-state index contributed by atoms with van der Waals surface area (Å²) in [5.74, 6) is 0.417. The molecule has 0 aliphatic heterocycles. The highest BCUT2D eigenvalue weighted by atomic mass is 32.1. The highest BCUT2D eigenvalue weighted by Gasteiger charge is 2.19. The summed E-state index contributed by atoms with van der Waals surface area (Å²) in [4.78, 5) is 23.7. The van der Waals surface area contributed by atoms with Crippen molar-refractivity contribution in [3.05, 3.63) is 70.6 Å². The van der Waals surface area contributed by atoms with Crippen LogP contribution in [0.1, 0.15) is 62.3 Å². The van der Waals surface area contributed by atoms with Crippen molar-refractivity contribution in [1.82, 2.24) is 15.2 Å². The summed E-state index contributed by atoms with van der Waals surface area (Å²) in [6.45, 7) is 18.7. The average Bonchev–Trinajstić information content (AvgIpc) is 3.23. The van der Waals surface area contributed by atoms with E-state index in [4.69, 9.17) is 4.98 Å². The molecule has 1 heterocycles. The number of carbonyl (C=O) groups excluding carboxylic acids is 1. The van der Waals surface area contributed by atoms with Crippen LogP contribution >= 0.6 is 11.3 Å². The Labute approximate surface area is 221 Å². The number of hydrogen-bond acceptors (Lipinski definition) is 5. The molecule has 0 aliphatic carbocycles. The van der Waals surface area contributed by atoms with Gasteiger partial charge in [-0.25, -0.2) is 4.98 Å². The van der Waals surface area contributed by atoms with E-state index in [-0.39, 0.29) is 5.91 Å². The van der Waals surface area contributed by atoms with Gasteiger partial charge in [-0.3, -0.25) is 9.69 Å². The zero-order valence-corrected chi connectivity index (χ0v) is 23.7. The molecule has 0 bridgehead atoms. The Bertz CT molecular complexity index is 1080. The minimum absolute atomic E-state index is 0.0142. The second-order valence-electron chi connectivity index (χ2n) is 10.4. The van der Waals surface area contributed by atoms with Crippen molar-refractivity contribution < 1.29 is 4.79 Å². The number of rotatable bonds is 12. The van der Waals surface area contributed by atoms with Crippen LogP contribution in [-0.4, -0.2) is 47.5 Å². The van der Waals surface area contributed by atoms with Gasteiger partial charge in [-0.1, -0.05) is 56.3 Å². The van der Waals surface area contributed by atoms with Gasteiger partial charge in [0.2, 0.25) is 0 Å². The summed E-state index contributed by atoms with van der Waals surface area (Å²) in [6.07, 6.45) is 0. The molecule has 0 unspecified atom stereocenters. The number of nitrogens with zero attached hydrogens (tertiary/aromatic N) is 3. The van der Waals surface area contributed by atoms with Crippen LogP contribution in [0.3, 0.4) is 0 Å². The predicted molar refractivity (Wildman–Crippen MR) is 154 cm³/mol. The summed E-state index contributed by atoms with van der Waals surface area (Å²) < 4.78 is 0. The molecule has 36 heavy (non-hydrogen) atoms. The minimum Gasteiger partial charge on any atom is -0.352 e. The number of amides is 1.